The van der Waals surface area contributed by atoms with E-state index < -0.39 is 0 Å². The maximum atomic E-state index is 6.27. The molecule has 2 fully saturated rings. The molecule has 0 radical (unpaired) electrons. The van der Waals surface area contributed by atoms with Crippen LogP contribution in [0.3, 0.4) is 0 Å². The van der Waals surface area contributed by atoms with Gasteiger partial charge in [0.25, 0.3) is 0 Å². The third-order valence-electron chi connectivity index (χ3n) is 5.96. The number of likely N-dealkylation sites (tertiary alicyclic amines) is 1. The van der Waals surface area contributed by atoms with Crippen LogP contribution >= 0.6 is 0 Å². The summed E-state index contributed by atoms with van der Waals surface area (Å²) in [5.41, 5.74) is 6.56. The van der Waals surface area contributed by atoms with Crippen LogP contribution in [0.25, 0.3) is 0 Å². The van der Waals surface area contributed by atoms with Crippen molar-refractivity contribution in [1.82, 2.24) is 9.80 Å². The van der Waals surface area contributed by atoms with Crippen LogP contribution in [0.4, 0.5) is 0 Å². The Hall–Kier alpha value is -0.120. The van der Waals surface area contributed by atoms with Crippen LogP contribution in [0.2, 0.25) is 0 Å². The quantitative estimate of drug-likeness (QED) is 0.860. The third kappa shape index (κ3) is 3.75. The molecule has 0 bridgehead atoms. The highest BCUT2D eigenvalue weighted by atomic mass is 15.2. The van der Waals surface area contributed by atoms with Gasteiger partial charge in [-0.15, -0.1) is 0 Å². The number of piperidine rings is 1. The van der Waals surface area contributed by atoms with Crippen molar-refractivity contribution in [2.75, 3.05) is 33.2 Å². The van der Waals surface area contributed by atoms with E-state index in [0.717, 1.165) is 12.6 Å². The fourth-order valence-electron chi connectivity index (χ4n) is 4.27. The first-order valence-electron chi connectivity index (χ1n) is 8.87. The van der Waals surface area contributed by atoms with Crippen LogP contribution in [-0.2, 0) is 0 Å². The van der Waals surface area contributed by atoms with Crippen molar-refractivity contribution in [3.05, 3.63) is 0 Å². The zero-order valence-corrected chi connectivity index (χ0v) is 13.7. The van der Waals surface area contributed by atoms with Gasteiger partial charge >= 0.3 is 0 Å². The minimum Gasteiger partial charge on any atom is -0.329 e. The summed E-state index contributed by atoms with van der Waals surface area (Å²) in [4.78, 5) is 5.28. The zero-order chi connectivity index (χ0) is 14.4. The van der Waals surface area contributed by atoms with Crippen LogP contribution in [-0.4, -0.2) is 54.6 Å². The van der Waals surface area contributed by atoms with Gasteiger partial charge in [-0.25, -0.2) is 0 Å². The van der Waals surface area contributed by atoms with Gasteiger partial charge in [-0.3, -0.25) is 4.90 Å². The van der Waals surface area contributed by atoms with E-state index in [1.54, 1.807) is 0 Å². The summed E-state index contributed by atoms with van der Waals surface area (Å²) in [5.74, 6) is 0. The summed E-state index contributed by atoms with van der Waals surface area (Å²) in [6.07, 6.45) is 12.3. The molecule has 0 unspecified atom stereocenters. The minimum absolute atomic E-state index is 0.291. The molecule has 1 saturated heterocycles. The normalized spacial score (nSPS) is 26.4. The molecular formula is C17H35N3. The predicted molar refractivity (Wildman–Crippen MR) is 87.0 cm³/mol. The van der Waals surface area contributed by atoms with Gasteiger partial charge in [0.1, 0.15) is 0 Å². The van der Waals surface area contributed by atoms with Crippen LogP contribution in [0.5, 0.6) is 0 Å². The molecule has 2 aliphatic rings. The van der Waals surface area contributed by atoms with E-state index in [1.165, 1.54) is 77.4 Å². The third-order valence-corrected chi connectivity index (χ3v) is 5.96. The topological polar surface area (TPSA) is 32.5 Å². The van der Waals surface area contributed by atoms with E-state index in [9.17, 15) is 0 Å². The van der Waals surface area contributed by atoms with Gasteiger partial charge in [0.15, 0.2) is 0 Å². The molecule has 3 heteroatoms. The number of likely N-dealkylation sites (N-methyl/N-ethyl adjacent to an activating group) is 1. The predicted octanol–water partition coefficient (Wildman–Crippen LogP) is 2.84. The first kappa shape index (κ1) is 16.3. The maximum absolute atomic E-state index is 6.27. The van der Waals surface area contributed by atoms with Crippen molar-refractivity contribution in [1.29, 1.82) is 0 Å². The van der Waals surface area contributed by atoms with E-state index in [-0.39, 0.29) is 0 Å². The molecule has 0 aromatic heterocycles. The average molecular weight is 281 g/mol. The Morgan fingerprint density at radius 1 is 1.05 bits per heavy atom. The number of hydrogen-bond acceptors (Lipinski definition) is 3. The number of nitrogens with zero attached hydrogens (tertiary/aromatic N) is 2. The maximum Gasteiger partial charge on any atom is 0.0331 e. The molecule has 3 nitrogen and oxygen atoms in total. The van der Waals surface area contributed by atoms with Crippen molar-refractivity contribution in [2.24, 2.45) is 5.73 Å². The summed E-state index contributed by atoms with van der Waals surface area (Å²) in [5, 5.41) is 0. The molecule has 0 spiro atoms. The fourth-order valence-corrected chi connectivity index (χ4v) is 4.27. The van der Waals surface area contributed by atoms with Gasteiger partial charge in [-0.05, 0) is 52.4 Å². The molecule has 1 saturated carbocycles. The zero-order valence-electron chi connectivity index (χ0n) is 13.7. The number of nitrogens with two attached hydrogens (primary N) is 1. The smallest absolute Gasteiger partial charge is 0.0331 e. The van der Waals surface area contributed by atoms with E-state index in [2.05, 4.69) is 23.8 Å². The largest absolute Gasteiger partial charge is 0.329 e. The molecule has 2 rings (SSSR count). The van der Waals surface area contributed by atoms with E-state index in [0.29, 0.717) is 5.54 Å². The Balaban J connectivity index is 1.98. The first-order chi connectivity index (χ1) is 9.72. The summed E-state index contributed by atoms with van der Waals surface area (Å²) in [7, 11) is 2.36. The Labute approximate surface area is 125 Å². The Morgan fingerprint density at radius 2 is 1.60 bits per heavy atom. The summed E-state index contributed by atoms with van der Waals surface area (Å²) < 4.78 is 0. The average Bonchev–Trinajstić information content (AvgIpc) is 2.47. The lowest BCUT2D eigenvalue weighted by molar-refractivity contribution is 0.0226. The Morgan fingerprint density at radius 3 is 2.10 bits per heavy atom. The van der Waals surface area contributed by atoms with Crippen LogP contribution in [0, 0.1) is 0 Å². The second-order valence-corrected chi connectivity index (χ2v) is 6.97. The van der Waals surface area contributed by atoms with Gasteiger partial charge < -0.3 is 10.6 Å². The SMILES string of the molecule is CCN1CCC(N(C)C2(CN)CCCCCCC2)CC1. The molecule has 1 aliphatic heterocycles. The van der Waals surface area contributed by atoms with Crippen LogP contribution in [0.15, 0.2) is 0 Å². The molecule has 0 atom stereocenters. The Kier molecular flexibility index (Phi) is 6.31. The van der Waals surface area contributed by atoms with E-state index in [4.69, 9.17) is 5.73 Å². The second-order valence-electron chi connectivity index (χ2n) is 6.97. The molecule has 0 amide bonds. The number of rotatable bonds is 4. The molecule has 118 valence electrons. The first-order valence-corrected chi connectivity index (χ1v) is 8.87. The second kappa shape index (κ2) is 7.77. The fraction of sp³-hybridized carbons (Fsp3) is 1.00. The lowest BCUT2D eigenvalue weighted by Crippen LogP contribution is -2.58. The van der Waals surface area contributed by atoms with Gasteiger partial charge in [0.05, 0.1) is 0 Å². The van der Waals surface area contributed by atoms with Crippen molar-refractivity contribution < 1.29 is 0 Å². The molecule has 0 aromatic carbocycles. The monoisotopic (exact) mass is 281 g/mol. The van der Waals surface area contributed by atoms with E-state index >= 15 is 0 Å². The van der Waals surface area contributed by atoms with E-state index in [1.807, 2.05) is 0 Å². The van der Waals surface area contributed by atoms with Gasteiger partial charge in [-0.2, -0.15) is 0 Å². The van der Waals surface area contributed by atoms with Crippen molar-refractivity contribution in [3.8, 4) is 0 Å². The minimum atomic E-state index is 0.291. The highest BCUT2D eigenvalue weighted by Crippen LogP contribution is 2.33. The van der Waals surface area contributed by atoms with Crippen LogP contribution < -0.4 is 5.73 Å². The van der Waals surface area contributed by atoms with Gasteiger partial charge in [-0.1, -0.05) is 39.0 Å². The highest BCUT2D eigenvalue weighted by molar-refractivity contribution is 4.95. The van der Waals surface area contributed by atoms with Gasteiger partial charge in [0.2, 0.25) is 0 Å². The van der Waals surface area contributed by atoms with Gasteiger partial charge in [0, 0.05) is 18.1 Å². The summed E-state index contributed by atoms with van der Waals surface area (Å²) in [6.45, 7) is 6.87. The van der Waals surface area contributed by atoms with Crippen molar-refractivity contribution in [2.45, 2.75) is 76.3 Å². The summed E-state index contributed by atoms with van der Waals surface area (Å²) >= 11 is 0. The molecule has 1 aliphatic carbocycles. The lowest BCUT2D eigenvalue weighted by atomic mass is 9.81. The van der Waals surface area contributed by atoms with Crippen molar-refractivity contribution in [3.63, 3.8) is 0 Å². The Bertz CT molecular complexity index is 263. The molecule has 20 heavy (non-hydrogen) atoms. The molecule has 2 N–H and O–H groups in total. The molecular weight excluding hydrogens is 246 g/mol. The lowest BCUT2D eigenvalue weighted by Gasteiger charge is -2.48. The van der Waals surface area contributed by atoms with Crippen molar-refractivity contribution >= 4 is 0 Å². The number of hydrogen-bond donors (Lipinski definition) is 1. The molecule has 1 heterocycles. The standard InChI is InChI=1S/C17H35N3/c1-3-20-13-9-16(10-14-20)19(2)17(15-18)11-7-5-4-6-8-12-17/h16H,3-15,18H2,1-2H3. The van der Waals surface area contributed by atoms with Crippen LogP contribution in [0.1, 0.15) is 64.7 Å². The highest BCUT2D eigenvalue weighted by Gasteiger charge is 2.37. The summed E-state index contributed by atoms with van der Waals surface area (Å²) in [6, 6.07) is 0.751. The molecule has 0 aromatic rings.